The van der Waals surface area contributed by atoms with Gasteiger partial charge in [-0.3, -0.25) is 0 Å². The Morgan fingerprint density at radius 1 is 1.06 bits per heavy atom. The average Bonchev–Trinajstić information content (AvgIpc) is 2.29. The predicted octanol–water partition coefficient (Wildman–Crippen LogP) is 5.71. The minimum atomic E-state index is 0.454. The molecule has 0 saturated carbocycles. The summed E-state index contributed by atoms with van der Waals surface area (Å²) >= 11 is 0. The first-order valence-electron chi connectivity index (χ1n) is 7.10. The van der Waals surface area contributed by atoms with Crippen molar-refractivity contribution >= 4 is 0 Å². The second-order valence-electron chi connectivity index (χ2n) is 5.73. The zero-order valence-corrected chi connectivity index (χ0v) is 12.2. The summed E-state index contributed by atoms with van der Waals surface area (Å²) in [5.41, 5.74) is 3.44. The van der Waals surface area contributed by atoms with Crippen LogP contribution in [-0.4, -0.2) is 0 Å². The Hall–Kier alpha value is -0.780. The molecule has 0 unspecified atom stereocenters. The summed E-state index contributed by atoms with van der Waals surface area (Å²) in [6.07, 6.45) is 5.23. The summed E-state index contributed by atoms with van der Waals surface area (Å²) in [5.74, 6) is 0.656. The van der Waals surface area contributed by atoms with E-state index >= 15 is 0 Å². The maximum atomic E-state index is 2.47. The van der Waals surface area contributed by atoms with Gasteiger partial charge in [-0.1, -0.05) is 64.8 Å². The highest BCUT2D eigenvalue weighted by Crippen LogP contribution is 2.43. The summed E-state index contributed by atoms with van der Waals surface area (Å²) < 4.78 is 0. The number of hydrogen-bond acceptors (Lipinski definition) is 0. The molecule has 0 heterocycles. The van der Waals surface area contributed by atoms with Gasteiger partial charge in [0.25, 0.3) is 0 Å². The highest BCUT2D eigenvalue weighted by molar-refractivity contribution is 5.30. The monoisotopic (exact) mass is 232 g/mol. The lowest BCUT2D eigenvalue weighted by atomic mass is 9.68. The molecule has 96 valence electrons. The van der Waals surface area contributed by atoms with Crippen molar-refractivity contribution in [2.45, 2.75) is 66.2 Å². The van der Waals surface area contributed by atoms with Gasteiger partial charge in [-0.15, -0.1) is 0 Å². The molecule has 0 radical (unpaired) electrons. The van der Waals surface area contributed by atoms with Gasteiger partial charge in [-0.25, -0.2) is 0 Å². The Morgan fingerprint density at radius 3 is 2.06 bits per heavy atom. The van der Waals surface area contributed by atoms with Gasteiger partial charge in [-0.05, 0) is 42.2 Å². The standard InChI is InChI=1S/C17H28/c1-6-12-17(5,13-7-2)15(4)16-11-9-8-10-14(16)3/h8-11,15H,6-7,12-13H2,1-5H3/t15-/m1/s1. The number of hydrogen-bond donors (Lipinski definition) is 0. The number of aryl methyl sites for hydroxylation is 1. The largest absolute Gasteiger partial charge is 0.0654 e. The van der Waals surface area contributed by atoms with Crippen molar-refractivity contribution in [3.63, 3.8) is 0 Å². The molecule has 1 rings (SSSR count). The van der Waals surface area contributed by atoms with E-state index in [9.17, 15) is 0 Å². The van der Waals surface area contributed by atoms with Crippen molar-refractivity contribution in [2.75, 3.05) is 0 Å². The van der Waals surface area contributed by atoms with Crippen molar-refractivity contribution in [3.05, 3.63) is 35.4 Å². The van der Waals surface area contributed by atoms with E-state index in [2.05, 4.69) is 58.9 Å². The third kappa shape index (κ3) is 3.34. The van der Waals surface area contributed by atoms with Crippen molar-refractivity contribution in [1.29, 1.82) is 0 Å². The average molecular weight is 232 g/mol. The SMILES string of the molecule is CCCC(C)(CCC)[C@H](C)c1ccccc1C. The topological polar surface area (TPSA) is 0 Å². The Morgan fingerprint density at radius 2 is 1.59 bits per heavy atom. The third-order valence-electron chi connectivity index (χ3n) is 4.34. The van der Waals surface area contributed by atoms with Gasteiger partial charge in [0.1, 0.15) is 0 Å². The molecular formula is C17H28. The molecule has 0 bridgehead atoms. The maximum Gasteiger partial charge on any atom is -0.0134 e. The van der Waals surface area contributed by atoms with Crippen LogP contribution in [0.5, 0.6) is 0 Å². The van der Waals surface area contributed by atoms with Crippen LogP contribution in [0, 0.1) is 12.3 Å². The molecule has 0 fully saturated rings. The lowest BCUT2D eigenvalue weighted by Gasteiger charge is -2.37. The summed E-state index contributed by atoms with van der Waals surface area (Å²) in [7, 11) is 0. The van der Waals surface area contributed by atoms with Crippen LogP contribution in [0.2, 0.25) is 0 Å². The fourth-order valence-electron chi connectivity index (χ4n) is 3.15. The minimum Gasteiger partial charge on any atom is -0.0654 e. The van der Waals surface area contributed by atoms with Gasteiger partial charge in [0.2, 0.25) is 0 Å². The van der Waals surface area contributed by atoms with E-state index in [0.717, 1.165) is 0 Å². The van der Waals surface area contributed by atoms with Gasteiger partial charge >= 0.3 is 0 Å². The molecule has 0 amide bonds. The fraction of sp³-hybridized carbons (Fsp3) is 0.647. The van der Waals surface area contributed by atoms with Crippen LogP contribution < -0.4 is 0 Å². The predicted molar refractivity (Wildman–Crippen MR) is 77.5 cm³/mol. The molecule has 0 aromatic heterocycles. The molecule has 1 aromatic rings. The molecular weight excluding hydrogens is 204 g/mol. The van der Waals surface area contributed by atoms with Crippen LogP contribution >= 0.6 is 0 Å². The molecule has 0 nitrogen and oxygen atoms in total. The van der Waals surface area contributed by atoms with Crippen LogP contribution in [0.4, 0.5) is 0 Å². The van der Waals surface area contributed by atoms with Crippen molar-refractivity contribution < 1.29 is 0 Å². The molecule has 0 N–H and O–H groups in total. The molecule has 1 atom stereocenters. The molecule has 0 saturated heterocycles. The van der Waals surface area contributed by atoms with E-state index in [4.69, 9.17) is 0 Å². The zero-order chi connectivity index (χ0) is 12.9. The van der Waals surface area contributed by atoms with E-state index in [1.165, 1.54) is 36.8 Å². The summed E-state index contributed by atoms with van der Waals surface area (Å²) in [6.45, 7) is 11.7. The lowest BCUT2D eigenvalue weighted by Crippen LogP contribution is -2.24. The zero-order valence-electron chi connectivity index (χ0n) is 12.2. The molecule has 1 aromatic carbocycles. The molecule has 0 heteroatoms. The third-order valence-corrected chi connectivity index (χ3v) is 4.34. The summed E-state index contributed by atoms with van der Waals surface area (Å²) in [4.78, 5) is 0. The first kappa shape index (κ1) is 14.3. The van der Waals surface area contributed by atoms with Gasteiger partial charge < -0.3 is 0 Å². The van der Waals surface area contributed by atoms with E-state index in [1.54, 1.807) is 0 Å². The second kappa shape index (κ2) is 6.23. The quantitative estimate of drug-likeness (QED) is 0.589. The summed E-state index contributed by atoms with van der Waals surface area (Å²) in [6, 6.07) is 8.87. The molecule has 0 spiro atoms. The lowest BCUT2D eigenvalue weighted by molar-refractivity contribution is 0.217. The smallest absolute Gasteiger partial charge is 0.0134 e. The van der Waals surface area contributed by atoms with Crippen molar-refractivity contribution in [1.82, 2.24) is 0 Å². The van der Waals surface area contributed by atoms with Crippen molar-refractivity contribution in [3.8, 4) is 0 Å². The Bertz CT molecular complexity index is 332. The first-order chi connectivity index (χ1) is 8.05. The van der Waals surface area contributed by atoms with Crippen LogP contribution in [0.1, 0.15) is 70.4 Å². The van der Waals surface area contributed by atoms with Gasteiger partial charge in [-0.2, -0.15) is 0 Å². The number of rotatable bonds is 6. The van der Waals surface area contributed by atoms with Crippen LogP contribution in [0.3, 0.4) is 0 Å². The van der Waals surface area contributed by atoms with Gasteiger partial charge in [0.05, 0.1) is 0 Å². The van der Waals surface area contributed by atoms with Crippen LogP contribution in [0.25, 0.3) is 0 Å². The molecule has 0 aliphatic heterocycles. The van der Waals surface area contributed by atoms with Crippen LogP contribution in [-0.2, 0) is 0 Å². The highest BCUT2D eigenvalue weighted by Gasteiger charge is 2.30. The normalized spacial score (nSPS) is 13.7. The van der Waals surface area contributed by atoms with Crippen molar-refractivity contribution in [2.24, 2.45) is 5.41 Å². The van der Waals surface area contributed by atoms with Gasteiger partial charge in [0, 0.05) is 0 Å². The minimum absolute atomic E-state index is 0.454. The molecule has 17 heavy (non-hydrogen) atoms. The van der Waals surface area contributed by atoms with E-state index in [-0.39, 0.29) is 0 Å². The number of benzene rings is 1. The Kier molecular flexibility index (Phi) is 5.24. The molecule has 0 aliphatic carbocycles. The Balaban J connectivity index is 2.99. The second-order valence-corrected chi connectivity index (χ2v) is 5.73. The van der Waals surface area contributed by atoms with E-state index < -0.39 is 0 Å². The Labute approximate surface area is 107 Å². The highest BCUT2D eigenvalue weighted by atomic mass is 14.4. The fourth-order valence-corrected chi connectivity index (χ4v) is 3.15. The van der Waals surface area contributed by atoms with E-state index in [1.807, 2.05) is 0 Å². The van der Waals surface area contributed by atoms with Gasteiger partial charge in [0.15, 0.2) is 0 Å². The molecule has 0 aliphatic rings. The first-order valence-corrected chi connectivity index (χ1v) is 7.10. The van der Waals surface area contributed by atoms with E-state index in [0.29, 0.717) is 11.3 Å². The summed E-state index contributed by atoms with van der Waals surface area (Å²) in [5, 5.41) is 0. The van der Waals surface area contributed by atoms with Crippen LogP contribution in [0.15, 0.2) is 24.3 Å². The maximum absolute atomic E-state index is 2.47.